The maximum atomic E-state index is 12.5. The van der Waals surface area contributed by atoms with E-state index in [1.54, 1.807) is 24.3 Å². The Kier molecular flexibility index (Phi) is 5.62. The number of hydrogen-bond acceptors (Lipinski definition) is 2. The van der Waals surface area contributed by atoms with Gasteiger partial charge in [0.2, 0.25) is 5.91 Å². The number of amides is 1. The minimum Gasteiger partial charge on any atom is -0.480 e. The third-order valence-electron chi connectivity index (χ3n) is 3.90. The van der Waals surface area contributed by atoms with Gasteiger partial charge < -0.3 is 10.0 Å². The Hall–Kier alpha value is -1.55. The molecule has 0 spiro atoms. The van der Waals surface area contributed by atoms with Gasteiger partial charge in [-0.1, -0.05) is 36.9 Å². The van der Waals surface area contributed by atoms with E-state index in [4.69, 9.17) is 16.7 Å². The topological polar surface area (TPSA) is 57.6 Å². The van der Waals surface area contributed by atoms with Crippen molar-refractivity contribution < 1.29 is 14.7 Å². The number of carboxylic acid groups (broad SMARTS) is 1. The Bertz CT molecular complexity index is 512. The lowest BCUT2D eigenvalue weighted by Crippen LogP contribution is -2.37. The lowest BCUT2D eigenvalue weighted by atomic mass is 9.86. The largest absolute Gasteiger partial charge is 0.480 e. The maximum absolute atomic E-state index is 12.5. The van der Waals surface area contributed by atoms with E-state index < -0.39 is 5.97 Å². The Morgan fingerprint density at radius 2 is 1.95 bits per heavy atom. The lowest BCUT2D eigenvalue weighted by molar-refractivity contribution is -0.136. The van der Waals surface area contributed by atoms with E-state index in [1.165, 1.54) is 11.3 Å². The minimum absolute atomic E-state index is 0.133. The average Bonchev–Trinajstić information content (AvgIpc) is 2.45. The third-order valence-corrected chi connectivity index (χ3v) is 4.14. The number of carboxylic acids is 1. The van der Waals surface area contributed by atoms with Crippen molar-refractivity contribution in [1.29, 1.82) is 0 Å². The summed E-state index contributed by atoms with van der Waals surface area (Å²) in [7, 11) is 0. The number of rotatable bonds is 5. The molecule has 1 aliphatic rings. The van der Waals surface area contributed by atoms with E-state index in [0.717, 1.165) is 25.7 Å². The van der Waals surface area contributed by atoms with E-state index in [0.29, 0.717) is 23.0 Å². The number of benzene rings is 1. The Morgan fingerprint density at radius 3 is 2.57 bits per heavy atom. The first-order valence-corrected chi connectivity index (χ1v) is 7.72. The van der Waals surface area contributed by atoms with Gasteiger partial charge in [0.25, 0.3) is 0 Å². The molecule has 1 aromatic carbocycles. The molecule has 0 unspecified atom stereocenters. The summed E-state index contributed by atoms with van der Waals surface area (Å²) in [5, 5.41) is 9.54. The second-order valence-electron chi connectivity index (χ2n) is 5.56. The highest BCUT2D eigenvalue weighted by molar-refractivity contribution is 6.30. The summed E-state index contributed by atoms with van der Waals surface area (Å²) in [4.78, 5) is 24.8. The van der Waals surface area contributed by atoms with Crippen LogP contribution in [0.2, 0.25) is 5.02 Å². The summed E-state index contributed by atoms with van der Waals surface area (Å²) in [6, 6.07) is 6.77. The molecule has 0 atom stereocenters. The smallest absolute Gasteiger partial charge is 0.323 e. The van der Waals surface area contributed by atoms with Crippen molar-refractivity contribution in [1.82, 2.24) is 0 Å². The predicted octanol–water partition coefficient (Wildman–Crippen LogP) is 3.73. The van der Waals surface area contributed by atoms with Crippen LogP contribution in [-0.2, 0) is 9.59 Å². The third kappa shape index (κ3) is 4.74. The second kappa shape index (κ2) is 7.46. The van der Waals surface area contributed by atoms with Crippen molar-refractivity contribution >= 4 is 29.2 Å². The van der Waals surface area contributed by atoms with Gasteiger partial charge in [-0.3, -0.25) is 9.59 Å². The molecule has 2 rings (SSSR count). The summed E-state index contributed by atoms with van der Waals surface area (Å²) < 4.78 is 0. The van der Waals surface area contributed by atoms with Crippen molar-refractivity contribution in [2.45, 2.75) is 38.5 Å². The Labute approximate surface area is 129 Å². The van der Waals surface area contributed by atoms with Crippen LogP contribution in [0.1, 0.15) is 38.5 Å². The zero-order chi connectivity index (χ0) is 15.2. The van der Waals surface area contributed by atoms with Gasteiger partial charge in [0.05, 0.1) is 0 Å². The van der Waals surface area contributed by atoms with Crippen LogP contribution in [-0.4, -0.2) is 23.5 Å². The van der Waals surface area contributed by atoms with Gasteiger partial charge >= 0.3 is 5.97 Å². The standard InChI is InChI=1S/C16H20ClNO3/c17-13-7-4-8-14(10-13)18(11-16(20)21)15(19)9-12-5-2-1-3-6-12/h4,7-8,10,12H,1-3,5-6,9,11H2,(H,20,21). The van der Waals surface area contributed by atoms with Crippen molar-refractivity contribution in [3.05, 3.63) is 29.3 Å². The molecule has 1 saturated carbocycles. The molecule has 0 bridgehead atoms. The number of carbonyl (C=O) groups excluding carboxylic acids is 1. The van der Waals surface area contributed by atoms with Crippen LogP contribution >= 0.6 is 11.6 Å². The minimum atomic E-state index is -1.02. The molecule has 0 aliphatic heterocycles. The SMILES string of the molecule is O=C(O)CN(C(=O)CC1CCCCC1)c1cccc(Cl)c1. The zero-order valence-electron chi connectivity index (χ0n) is 11.9. The van der Waals surface area contributed by atoms with E-state index in [9.17, 15) is 9.59 Å². The van der Waals surface area contributed by atoms with Crippen LogP contribution in [0.3, 0.4) is 0 Å². The molecule has 1 amide bonds. The Balaban J connectivity index is 2.11. The van der Waals surface area contributed by atoms with Gasteiger partial charge in [0.15, 0.2) is 0 Å². The van der Waals surface area contributed by atoms with Crippen LogP contribution in [0.25, 0.3) is 0 Å². The number of aliphatic carboxylic acids is 1. The van der Waals surface area contributed by atoms with Crippen molar-refractivity contribution in [3.8, 4) is 0 Å². The highest BCUT2D eigenvalue weighted by atomic mass is 35.5. The fourth-order valence-corrected chi connectivity index (χ4v) is 3.04. The van der Waals surface area contributed by atoms with Crippen LogP contribution in [0.15, 0.2) is 24.3 Å². The molecule has 1 N–H and O–H groups in total. The summed E-state index contributed by atoms with van der Waals surface area (Å²) in [5.41, 5.74) is 0.547. The van der Waals surface area contributed by atoms with Crippen LogP contribution in [0.5, 0.6) is 0 Å². The van der Waals surface area contributed by atoms with Gasteiger partial charge in [-0.15, -0.1) is 0 Å². The second-order valence-corrected chi connectivity index (χ2v) is 6.00. The quantitative estimate of drug-likeness (QED) is 0.901. The molecule has 0 radical (unpaired) electrons. The Morgan fingerprint density at radius 1 is 1.24 bits per heavy atom. The average molecular weight is 310 g/mol. The van der Waals surface area contributed by atoms with Crippen LogP contribution < -0.4 is 4.90 Å². The van der Waals surface area contributed by atoms with Gasteiger partial charge in [-0.2, -0.15) is 0 Å². The molecule has 1 fully saturated rings. The molecular weight excluding hydrogens is 290 g/mol. The van der Waals surface area contributed by atoms with Crippen LogP contribution in [0, 0.1) is 5.92 Å². The van der Waals surface area contributed by atoms with Gasteiger partial charge in [0, 0.05) is 17.1 Å². The summed E-state index contributed by atoms with van der Waals surface area (Å²) in [5.74, 6) is -0.778. The lowest BCUT2D eigenvalue weighted by Gasteiger charge is -2.26. The monoisotopic (exact) mass is 309 g/mol. The van der Waals surface area contributed by atoms with Gasteiger partial charge in [-0.05, 0) is 37.0 Å². The van der Waals surface area contributed by atoms with E-state index >= 15 is 0 Å². The summed E-state index contributed by atoms with van der Waals surface area (Å²) in [6.07, 6.45) is 6.09. The maximum Gasteiger partial charge on any atom is 0.323 e. The molecule has 4 nitrogen and oxygen atoms in total. The molecule has 0 saturated heterocycles. The molecular formula is C16H20ClNO3. The van der Waals surface area contributed by atoms with Crippen molar-refractivity contribution in [3.63, 3.8) is 0 Å². The number of halogens is 1. The number of carbonyl (C=O) groups is 2. The molecule has 1 aromatic rings. The summed E-state index contributed by atoms with van der Waals surface area (Å²) >= 11 is 5.94. The molecule has 0 aromatic heterocycles. The highest BCUT2D eigenvalue weighted by Crippen LogP contribution is 2.28. The molecule has 1 aliphatic carbocycles. The molecule has 21 heavy (non-hydrogen) atoms. The van der Waals surface area contributed by atoms with E-state index in [2.05, 4.69) is 0 Å². The first-order valence-electron chi connectivity index (χ1n) is 7.34. The highest BCUT2D eigenvalue weighted by Gasteiger charge is 2.23. The molecule has 0 heterocycles. The predicted molar refractivity (Wildman–Crippen MR) is 82.6 cm³/mol. The normalized spacial score (nSPS) is 15.7. The van der Waals surface area contributed by atoms with E-state index in [1.807, 2.05) is 0 Å². The first kappa shape index (κ1) is 15.8. The number of nitrogens with zero attached hydrogens (tertiary/aromatic N) is 1. The zero-order valence-corrected chi connectivity index (χ0v) is 12.7. The molecule has 114 valence electrons. The fourth-order valence-electron chi connectivity index (χ4n) is 2.85. The van der Waals surface area contributed by atoms with Gasteiger partial charge in [-0.25, -0.2) is 0 Å². The summed E-state index contributed by atoms with van der Waals surface area (Å²) in [6.45, 7) is -0.327. The fraction of sp³-hybridized carbons (Fsp3) is 0.500. The van der Waals surface area contributed by atoms with E-state index in [-0.39, 0.29) is 12.5 Å². The molecule has 5 heteroatoms. The first-order chi connectivity index (χ1) is 10.1. The number of hydrogen-bond donors (Lipinski definition) is 1. The number of anilines is 1. The van der Waals surface area contributed by atoms with Crippen molar-refractivity contribution in [2.24, 2.45) is 5.92 Å². The van der Waals surface area contributed by atoms with Crippen molar-refractivity contribution in [2.75, 3.05) is 11.4 Å². The van der Waals surface area contributed by atoms with Gasteiger partial charge in [0.1, 0.15) is 6.54 Å². The van der Waals surface area contributed by atoms with Crippen LogP contribution in [0.4, 0.5) is 5.69 Å².